The highest BCUT2D eigenvalue weighted by molar-refractivity contribution is 5.70. The molecule has 182 valence electrons. The van der Waals surface area contributed by atoms with Crippen molar-refractivity contribution in [1.29, 1.82) is 0 Å². The van der Waals surface area contributed by atoms with E-state index in [-0.39, 0.29) is 17.6 Å². The van der Waals surface area contributed by atoms with Crippen molar-refractivity contribution in [2.75, 3.05) is 36.4 Å². The minimum atomic E-state index is -0.543. The second-order valence-corrected chi connectivity index (χ2v) is 8.95. The third-order valence-corrected chi connectivity index (χ3v) is 5.16. The number of piperazine rings is 1. The molecule has 0 saturated carbocycles. The van der Waals surface area contributed by atoms with E-state index >= 15 is 0 Å². The number of pyridine rings is 2. The number of rotatable bonds is 5. The van der Waals surface area contributed by atoms with Gasteiger partial charge in [-0.15, -0.1) is 0 Å². The van der Waals surface area contributed by atoms with Gasteiger partial charge in [0, 0.05) is 56.4 Å². The van der Waals surface area contributed by atoms with E-state index in [0.29, 0.717) is 43.3 Å². The van der Waals surface area contributed by atoms with Crippen LogP contribution in [-0.4, -0.2) is 67.6 Å². The summed E-state index contributed by atoms with van der Waals surface area (Å²) in [5.41, 5.74) is 1.20. The van der Waals surface area contributed by atoms with Gasteiger partial charge in [0.2, 0.25) is 0 Å². The molecule has 0 radical (unpaired) electrons. The molecule has 0 atom stereocenters. The molecule has 1 amide bonds. The first kappa shape index (κ1) is 23.8. The fourth-order valence-corrected chi connectivity index (χ4v) is 3.54. The van der Waals surface area contributed by atoms with Crippen LogP contribution in [0.5, 0.6) is 0 Å². The van der Waals surface area contributed by atoms with Crippen LogP contribution in [0.3, 0.4) is 0 Å². The molecular weight excluding hydrogens is 452 g/mol. The Bertz CT molecular complexity index is 1210. The van der Waals surface area contributed by atoms with Crippen LogP contribution in [-0.2, 0) is 4.74 Å². The molecule has 1 N–H and O–H groups in total. The number of nitro groups is 1. The number of ether oxygens (including phenoxy) is 1. The van der Waals surface area contributed by atoms with Crippen molar-refractivity contribution < 1.29 is 14.5 Å². The van der Waals surface area contributed by atoms with Crippen molar-refractivity contribution in [3.05, 3.63) is 59.3 Å². The molecule has 35 heavy (non-hydrogen) atoms. The lowest BCUT2D eigenvalue weighted by Gasteiger charge is -2.36. The van der Waals surface area contributed by atoms with Crippen LogP contribution < -0.4 is 10.2 Å². The maximum Gasteiger partial charge on any atom is 0.410 e. The Balaban J connectivity index is 1.53. The van der Waals surface area contributed by atoms with Crippen LogP contribution in [0.4, 0.5) is 27.8 Å². The predicted molar refractivity (Wildman–Crippen MR) is 129 cm³/mol. The maximum absolute atomic E-state index is 12.3. The molecule has 0 spiro atoms. The predicted octanol–water partition coefficient (Wildman–Crippen LogP) is 3.64. The molecule has 12 nitrogen and oxygen atoms in total. The molecule has 1 aliphatic heterocycles. The van der Waals surface area contributed by atoms with Gasteiger partial charge in [-0.2, -0.15) is 0 Å². The molecule has 3 aromatic heterocycles. The zero-order valence-corrected chi connectivity index (χ0v) is 19.7. The summed E-state index contributed by atoms with van der Waals surface area (Å²) in [6, 6.07) is 4.63. The van der Waals surface area contributed by atoms with Gasteiger partial charge < -0.3 is 19.9 Å². The lowest BCUT2D eigenvalue weighted by molar-refractivity contribution is -0.384. The number of anilines is 3. The molecule has 1 aliphatic rings. The molecule has 0 aliphatic carbocycles. The van der Waals surface area contributed by atoms with Crippen molar-refractivity contribution in [3.8, 4) is 11.3 Å². The van der Waals surface area contributed by atoms with E-state index in [0.717, 1.165) is 5.69 Å². The molecule has 3 aromatic rings. The Morgan fingerprint density at radius 3 is 2.46 bits per heavy atom. The minimum absolute atomic E-state index is 0.113. The number of carbonyl (C=O) groups is 1. The molecule has 4 heterocycles. The van der Waals surface area contributed by atoms with E-state index < -0.39 is 10.5 Å². The molecule has 1 saturated heterocycles. The van der Waals surface area contributed by atoms with Crippen LogP contribution in [0, 0.1) is 10.1 Å². The highest BCUT2D eigenvalue weighted by Crippen LogP contribution is 2.29. The molecule has 0 aromatic carbocycles. The Morgan fingerprint density at radius 2 is 1.80 bits per heavy atom. The number of carbonyl (C=O) groups excluding carboxylic acids is 1. The average molecular weight is 479 g/mol. The van der Waals surface area contributed by atoms with E-state index in [9.17, 15) is 14.9 Å². The summed E-state index contributed by atoms with van der Waals surface area (Å²) in [5.74, 6) is 0.687. The van der Waals surface area contributed by atoms with E-state index in [1.54, 1.807) is 17.3 Å². The average Bonchev–Trinajstić information content (AvgIpc) is 2.83. The first-order valence-electron chi connectivity index (χ1n) is 11.1. The zero-order valence-electron chi connectivity index (χ0n) is 19.7. The van der Waals surface area contributed by atoms with Gasteiger partial charge in [0.25, 0.3) is 5.69 Å². The van der Waals surface area contributed by atoms with Gasteiger partial charge in [-0.05, 0) is 26.8 Å². The summed E-state index contributed by atoms with van der Waals surface area (Å²) in [6.07, 6.45) is 7.55. The van der Waals surface area contributed by atoms with Crippen molar-refractivity contribution in [2.45, 2.75) is 26.4 Å². The van der Waals surface area contributed by atoms with Gasteiger partial charge in [0.1, 0.15) is 17.2 Å². The van der Waals surface area contributed by atoms with Crippen LogP contribution in [0.25, 0.3) is 11.3 Å². The number of aromatic nitrogens is 4. The zero-order chi connectivity index (χ0) is 25.0. The monoisotopic (exact) mass is 478 g/mol. The fourth-order valence-electron chi connectivity index (χ4n) is 3.54. The summed E-state index contributed by atoms with van der Waals surface area (Å²) in [6.45, 7) is 7.76. The standard InChI is InChI=1S/C23H26N8O4/c1-23(2,3)35-22(32)30-8-6-29(7-9-30)18-10-16(13-25-14-18)19-11-17(31(33)34)12-20(27-19)28-21-15-24-4-5-26-21/h4-5,10-15H,6-9H2,1-3H3,(H,26,27,28). The largest absolute Gasteiger partial charge is 0.444 e. The van der Waals surface area contributed by atoms with Gasteiger partial charge in [-0.1, -0.05) is 0 Å². The van der Waals surface area contributed by atoms with E-state index in [4.69, 9.17) is 4.74 Å². The molecule has 12 heteroatoms. The van der Waals surface area contributed by atoms with E-state index in [1.807, 2.05) is 26.8 Å². The highest BCUT2D eigenvalue weighted by atomic mass is 16.6. The third kappa shape index (κ3) is 6.16. The van der Waals surface area contributed by atoms with Gasteiger partial charge in [-0.3, -0.25) is 20.1 Å². The summed E-state index contributed by atoms with van der Waals surface area (Å²) < 4.78 is 5.46. The van der Waals surface area contributed by atoms with Crippen LogP contribution in [0.2, 0.25) is 0 Å². The summed E-state index contributed by atoms with van der Waals surface area (Å²) in [4.78, 5) is 44.2. The van der Waals surface area contributed by atoms with E-state index in [1.165, 1.54) is 30.7 Å². The van der Waals surface area contributed by atoms with Crippen LogP contribution >= 0.6 is 0 Å². The van der Waals surface area contributed by atoms with Crippen molar-refractivity contribution in [2.24, 2.45) is 0 Å². The Kier molecular flexibility index (Phi) is 6.71. The van der Waals surface area contributed by atoms with Crippen molar-refractivity contribution >= 4 is 29.1 Å². The topological polar surface area (TPSA) is 140 Å². The Morgan fingerprint density at radius 1 is 1.03 bits per heavy atom. The maximum atomic E-state index is 12.3. The van der Waals surface area contributed by atoms with Gasteiger partial charge in [-0.25, -0.2) is 14.8 Å². The third-order valence-electron chi connectivity index (χ3n) is 5.16. The van der Waals surface area contributed by atoms with Crippen molar-refractivity contribution in [1.82, 2.24) is 24.8 Å². The van der Waals surface area contributed by atoms with Crippen LogP contribution in [0.1, 0.15) is 20.8 Å². The molecule has 4 rings (SSSR count). The number of hydrogen-bond acceptors (Lipinski definition) is 10. The first-order chi connectivity index (χ1) is 16.7. The molecule has 0 unspecified atom stereocenters. The Hall–Kier alpha value is -4.35. The number of nitrogens with one attached hydrogen (secondary N) is 1. The summed E-state index contributed by atoms with van der Waals surface area (Å²) in [5, 5.41) is 14.5. The molecule has 1 fully saturated rings. The Labute approximate surface area is 202 Å². The molecule has 0 bridgehead atoms. The highest BCUT2D eigenvalue weighted by Gasteiger charge is 2.26. The summed E-state index contributed by atoms with van der Waals surface area (Å²) in [7, 11) is 0. The van der Waals surface area contributed by atoms with E-state index in [2.05, 4.69) is 30.2 Å². The lowest BCUT2D eigenvalue weighted by atomic mass is 10.1. The SMILES string of the molecule is CC(C)(C)OC(=O)N1CCN(c2cncc(-c3cc([N+](=O)[O-])cc(Nc4cnccn4)n3)c2)CC1. The fraction of sp³-hybridized carbons (Fsp3) is 0.348. The van der Waals surface area contributed by atoms with Gasteiger partial charge >= 0.3 is 6.09 Å². The molecular formula is C23H26N8O4. The van der Waals surface area contributed by atoms with Crippen molar-refractivity contribution in [3.63, 3.8) is 0 Å². The normalized spacial score (nSPS) is 13.9. The smallest absolute Gasteiger partial charge is 0.410 e. The number of nitrogens with zero attached hydrogens (tertiary/aromatic N) is 7. The second-order valence-electron chi connectivity index (χ2n) is 8.95. The second kappa shape index (κ2) is 9.87. The summed E-state index contributed by atoms with van der Waals surface area (Å²) >= 11 is 0. The quantitative estimate of drug-likeness (QED) is 0.427. The lowest BCUT2D eigenvalue weighted by Crippen LogP contribution is -2.50. The van der Waals surface area contributed by atoms with Crippen LogP contribution in [0.15, 0.2) is 49.2 Å². The first-order valence-corrected chi connectivity index (χ1v) is 11.1. The van der Waals surface area contributed by atoms with Gasteiger partial charge in [0.05, 0.1) is 34.8 Å². The number of hydrogen-bond donors (Lipinski definition) is 1. The van der Waals surface area contributed by atoms with Gasteiger partial charge in [0.15, 0.2) is 0 Å². The number of amides is 1. The minimum Gasteiger partial charge on any atom is -0.444 e.